The van der Waals surface area contributed by atoms with E-state index < -0.39 is 23.2 Å². The Morgan fingerprint density at radius 3 is 2.14 bits per heavy atom. The van der Waals surface area contributed by atoms with Gasteiger partial charge in [0.05, 0.1) is 0 Å². The molecule has 0 bridgehead atoms. The van der Waals surface area contributed by atoms with E-state index >= 15 is 0 Å². The van der Waals surface area contributed by atoms with E-state index in [1.54, 1.807) is 37.2 Å². The van der Waals surface area contributed by atoms with Crippen LogP contribution in [-0.4, -0.2) is 30.1 Å². The van der Waals surface area contributed by atoms with Gasteiger partial charge in [0.25, 0.3) is 0 Å². The van der Waals surface area contributed by atoms with Gasteiger partial charge in [-0.3, -0.25) is 4.90 Å². The summed E-state index contributed by atoms with van der Waals surface area (Å²) in [6, 6.07) is 15.4. The van der Waals surface area contributed by atoms with Crippen LogP contribution < -0.4 is 0 Å². The van der Waals surface area contributed by atoms with Crippen molar-refractivity contribution in [3.8, 4) is 0 Å². The minimum absolute atomic E-state index is 0.170. The summed E-state index contributed by atoms with van der Waals surface area (Å²) in [6.07, 6.45) is 0. The van der Waals surface area contributed by atoms with Crippen LogP contribution in [0.2, 0.25) is 0 Å². The van der Waals surface area contributed by atoms with Crippen LogP contribution in [0.15, 0.2) is 54.6 Å². The Labute approximate surface area is 130 Å². The molecule has 0 aromatic heterocycles. The van der Waals surface area contributed by atoms with Gasteiger partial charge in [0.1, 0.15) is 5.82 Å². The predicted octanol–water partition coefficient (Wildman–Crippen LogP) is 3.47. The fourth-order valence-corrected chi connectivity index (χ4v) is 3.11. The molecule has 2 atom stereocenters. The molecule has 0 spiro atoms. The Kier molecular flexibility index (Phi) is 4.62. The summed E-state index contributed by atoms with van der Waals surface area (Å²) >= 11 is 0. The SMILES string of the molecule is C[C@@H](c1ccccc1)[C@](C(=O)O)(c1ccccc1F)N(C)C. The number of likely N-dealkylation sites (N-methyl/N-ethyl adjacent to an activating group) is 1. The van der Waals surface area contributed by atoms with Crippen LogP contribution in [0.25, 0.3) is 0 Å². The Morgan fingerprint density at radius 1 is 1.09 bits per heavy atom. The summed E-state index contributed by atoms with van der Waals surface area (Å²) in [5.41, 5.74) is -0.460. The molecule has 0 radical (unpaired) electrons. The fourth-order valence-electron chi connectivity index (χ4n) is 3.11. The van der Waals surface area contributed by atoms with Crippen molar-refractivity contribution < 1.29 is 14.3 Å². The van der Waals surface area contributed by atoms with Gasteiger partial charge in [-0.1, -0.05) is 55.5 Å². The van der Waals surface area contributed by atoms with Gasteiger partial charge < -0.3 is 5.11 Å². The topological polar surface area (TPSA) is 40.5 Å². The lowest BCUT2D eigenvalue weighted by atomic mass is 9.74. The number of aliphatic carboxylic acids is 1. The average molecular weight is 301 g/mol. The number of carboxylic acid groups (broad SMARTS) is 1. The van der Waals surface area contributed by atoms with Crippen LogP contribution in [0.3, 0.4) is 0 Å². The maximum atomic E-state index is 14.4. The molecule has 0 aliphatic heterocycles. The van der Waals surface area contributed by atoms with Gasteiger partial charge in [0, 0.05) is 11.5 Å². The lowest BCUT2D eigenvalue weighted by molar-refractivity contribution is -0.152. The minimum Gasteiger partial charge on any atom is -0.480 e. The van der Waals surface area contributed by atoms with Gasteiger partial charge in [-0.05, 0) is 25.7 Å². The normalized spacial score (nSPS) is 15.3. The number of benzene rings is 2. The number of nitrogens with zero attached hydrogens (tertiary/aromatic N) is 1. The number of carboxylic acids is 1. The zero-order valence-corrected chi connectivity index (χ0v) is 13.0. The molecule has 4 heteroatoms. The highest BCUT2D eigenvalue weighted by Crippen LogP contribution is 2.42. The summed E-state index contributed by atoms with van der Waals surface area (Å²) < 4.78 is 14.4. The van der Waals surface area contributed by atoms with E-state index in [9.17, 15) is 14.3 Å². The van der Waals surface area contributed by atoms with E-state index in [4.69, 9.17) is 0 Å². The molecule has 0 aliphatic rings. The molecule has 0 unspecified atom stereocenters. The third-order valence-electron chi connectivity index (χ3n) is 4.24. The molecule has 0 fully saturated rings. The lowest BCUT2D eigenvalue weighted by Gasteiger charge is -2.41. The molecule has 2 aromatic rings. The van der Waals surface area contributed by atoms with Crippen LogP contribution in [0.4, 0.5) is 4.39 Å². The van der Waals surface area contributed by atoms with Crippen molar-refractivity contribution in [3.05, 3.63) is 71.5 Å². The molecular weight excluding hydrogens is 281 g/mol. The van der Waals surface area contributed by atoms with E-state index in [1.807, 2.05) is 37.3 Å². The van der Waals surface area contributed by atoms with E-state index in [0.717, 1.165) is 5.56 Å². The molecule has 0 saturated heterocycles. The van der Waals surface area contributed by atoms with Crippen LogP contribution in [0.5, 0.6) is 0 Å². The van der Waals surface area contributed by atoms with Crippen molar-refractivity contribution in [2.24, 2.45) is 0 Å². The zero-order chi connectivity index (χ0) is 16.3. The Balaban J connectivity index is 2.71. The van der Waals surface area contributed by atoms with E-state index in [2.05, 4.69) is 0 Å². The quantitative estimate of drug-likeness (QED) is 0.919. The largest absolute Gasteiger partial charge is 0.480 e. The first-order chi connectivity index (χ1) is 10.4. The summed E-state index contributed by atoms with van der Waals surface area (Å²) in [7, 11) is 3.33. The molecular formula is C18H20FNO2. The molecule has 22 heavy (non-hydrogen) atoms. The molecule has 0 heterocycles. The second-order valence-electron chi connectivity index (χ2n) is 5.58. The monoisotopic (exact) mass is 301 g/mol. The van der Waals surface area contributed by atoms with Gasteiger partial charge in [-0.2, -0.15) is 0 Å². The molecule has 2 aromatic carbocycles. The van der Waals surface area contributed by atoms with Gasteiger partial charge >= 0.3 is 5.97 Å². The molecule has 1 N–H and O–H groups in total. The van der Waals surface area contributed by atoms with Crippen LogP contribution in [-0.2, 0) is 10.3 Å². The summed E-state index contributed by atoms with van der Waals surface area (Å²) in [5.74, 6) is -2.02. The second-order valence-corrected chi connectivity index (χ2v) is 5.58. The average Bonchev–Trinajstić information content (AvgIpc) is 2.50. The highest BCUT2D eigenvalue weighted by molar-refractivity contribution is 5.82. The maximum Gasteiger partial charge on any atom is 0.329 e. The van der Waals surface area contributed by atoms with Crippen molar-refractivity contribution in [1.82, 2.24) is 4.90 Å². The van der Waals surface area contributed by atoms with E-state index in [-0.39, 0.29) is 5.56 Å². The van der Waals surface area contributed by atoms with Gasteiger partial charge in [-0.25, -0.2) is 9.18 Å². The zero-order valence-electron chi connectivity index (χ0n) is 13.0. The molecule has 2 rings (SSSR count). The highest BCUT2D eigenvalue weighted by Gasteiger charge is 2.49. The third kappa shape index (κ3) is 2.50. The minimum atomic E-state index is -1.48. The lowest BCUT2D eigenvalue weighted by Crippen LogP contribution is -2.52. The van der Waals surface area contributed by atoms with Gasteiger partial charge in [0.2, 0.25) is 0 Å². The third-order valence-corrected chi connectivity index (χ3v) is 4.24. The Bertz CT molecular complexity index is 657. The van der Waals surface area contributed by atoms with Crippen molar-refractivity contribution in [3.63, 3.8) is 0 Å². The number of hydrogen-bond donors (Lipinski definition) is 1. The first kappa shape index (κ1) is 16.2. The summed E-state index contributed by atoms with van der Waals surface area (Å²) in [4.78, 5) is 13.8. The van der Waals surface area contributed by atoms with Gasteiger partial charge in [-0.15, -0.1) is 0 Å². The Morgan fingerprint density at radius 2 is 1.64 bits per heavy atom. The number of hydrogen-bond acceptors (Lipinski definition) is 2. The summed E-state index contributed by atoms with van der Waals surface area (Å²) in [6.45, 7) is 1.82. The molecule has 3 nitrogen and oxygen atoms in total. The molecule has 116 valence electrons. The Hall–Kier alpha value is -2.20. The van der Waals surface area contributed by atoms with Crippen LogP contribution >= 0.6 is 0 Å². The number of halogens is 1. The van der Waals surface area contributed by atoms with Gasteiger partial charge in [0.15, 0.2) is 5.54 Å². The maximum absolute atomic E-state index is 14.4. The molecule has 0 aliphatic carbocycles. The van der Waals surface area contributed by atoms with Crippen LogP contribution in [0.1, 0.15) is 24.0 Å². The summed E-state index contributed by atoms with van der Waals surface area (Å²) in [5, 5.41) is 10.00. The van der Waals surface area contributed by atoms with Crippen LogP contribution in [0, 0.1) is 5.82 Å². The first-order valence-corrected chi connectivity index (χ1v) is 7.13. The number of rotatable bonds is 5. The van der Waals surface area contributed by atoms with E-state index in [1.165, 1.54) is 6.07 Å². The van der Waals surface area contributed by atoms with Crippen molar-refractivity contribution >= 4 is 5.97 Å². The van der Waals surface area contributed by atoms with E-state index in [0.29, 0.717) is 0 Å². The number of carbonyl (C=O) groups is 1. The van der Waals surface area contributed by atoms with Crippen molar-refractivity contribution in [2.45, 2.75) is 18.4 Å². The smallest absolute Gasteiger partial charge is 0.329 e. The first-order valence-electron chi connectivity index (χ1n) is 7.13. The molecule has 0 saturated carbocycles. The standard InChI is InChI=1S/C18H20FNO2/c1-13(14-9-5-4-6-10-14)18(17(21)22,20(2)3)15-11-7-8-12-16(15)19/h4-13H,1-3H3,(H,21,22)/t13-,18+/m0/s1. The molecule has 0 amide bonds. The van der Waals surface area contributed by atoms with Crippen molar-refractivity contribution in [1.29, 1.82) is 0 Å². The predicted molar refractivity (Wildman–Crippen MR) is 84.3 cm³/mol. The second kappa shape index (κ2) is 6.28. The highest BCUT2D eigenvalue weighted by atomic mass is 19.1. The van der Waals surface area contributed by atoms with Crippen molar-refractivity contribution in [2.75, 3.05) is 14.1 Å². The fraction of sp³-hybridized carbons (Fsp3) is 0.278.